The van der Waals surface area contributed by atoms with Crippen molar-refractivity contribution in [3.05, 3.63) is 79.1 Å². The highest BCUT2D eigenvalue weighted by molar-refractivity contribution is 7.10. The number of rotatable bonds is 7. The molecule has 8 nitrogen and oxygen atoms in total. The number of likely N-dealkylation sites (tertiary alicyclic amines) is 1. The summed E-state index contributed by atoms with van der Waals surface area (Å²) in [6.07, 6.45) is 2.03. The van der Waals surface area contributed by atoms with Gasteiger partial charge in [0.2, 0.25) is 5.91 Å². The van der Waals surface area contributed by atoms with Crippen LogP contribution in [-0.2, 0) is 11.3 Å². The quantitative estimate of drug-likeness (QED) is 0.572. The standard InChI is InChI=1S/C23H27N5O3S/c1-2-27(19(29)15-26-12-6-10-17(26)18-11-7-13-32-18)20-21(24)28(23(31)25-22(20)30)14-16-8-4-3-5-9-16/h3-5,7-9,11,13,17H,2,6,10,12,14-15,24H2,1H3,(H,25,30,31)/t17-/m0/s1. The van der Waals surface area contributed by atoms with E-state index >= 15 is 0 Å². The van der Waals surface area contributed by atoms with Crippen LogP contribution in [0.4, 0.5) is 11.5 Å². The van der Waals surface area contributed by atoms with E-state index in [1.807, 2.05) is 41.8 Å². The van der Waals surface area contributed by atoms with Gasteiger partial charge in [-0.25, -0.2) is 4.79 Å². The van der Waals surface area contributed by atoms with E-state index < -0.39 is 11.2 Å². The Morgan fingerprint density at radius 1 is 1.22 bits per heavy atom. The number of hydrogen-bond donors (Lipinski definition) is 2. The maximum atomic E-state index is 13.3. The molecule has 1 fully saturated rings. The van der Waals surface area contributed by atoms with Crippen LogP contribution in [0.3, 0.4) is 0 Å². The van der Waals surface area contributed by atoms with Crippen molar-refractivity contribution < 1.29 is 4.79 Å². The summed E-state index contributed by atoms with van der Waals surface area (Å²) in [5.74, 6) is -0.216. The van der Waals surface area contributed by atoms with Crippen LogP contribution in [0.2, 0.25) is 0 Å². The summed E-state index contributed by atoms with van der Waals surface area (Å²) in [5.41, 5.74) is 5.94. The lowest BCUT2D eigenvalue weighted by atomic mass is 10.2. The second kappa shape index (κ2) is 9.54. The van der Waals surface area contributed by atoms with E-state index in [1.54, 1.807) is 18.3 Å². The maximum Gasteiger partial charge on any atom is 0.330 e. The molecule has 0 bridgehead atoms. The van der Waals surface area contributed by atoms with E-state index in [-0.39, 0.29) is 43.1 Å². The van der Waals surface area contributed by atoms with Gasteiger partial charge in [0.25, 0.3) is 5.56 Å². The minimum Gasteiger partial charge on any atom is -0.383 e. The predicted octanol–water partition coefficient (Wildman–Crippen LogP) is 2.42. The molecule has 3 aromatic rings. The second-order valence-corrected chi connectivity index (χ2v) is 8.83. The largest absolute Gasteiger partial charge is 0.383 e. The number of anilines is 2. The highest BCUT2D eigenvalue weighted by atomic mass is 32.1. The zero-order valence-electron chi connectivity index (χ0n) is 18.0. The number of carbonyl (C=O) groups excluding carboxylic acids is 1. The summed E-state index contributed by atoms with van der Waals surface area (Å²) in [6.45, 7) is 3.28. The predicted molar refractivity (Wildman–Crippen MR) is 127 cm³/mol. The molecular formula is C23H27N5O3S. The molecule has 168 valence electrons. The van der Waals surface area contributed by atoms with Gasteiger partial charge < -0.3 is 10.6 Å². The van der Waals surface area contributed by atoms with Crippen molar-refractivity contribution in [1.29, 1.82) is 0 Å². The molecule has 0 unspecified atom stereocenters. The summed E-state index contributed by atoms with van der Waals surface area (Å²) >= 11 is 1.69. The molecule has 0 aliphatic carbocycles. The number of nitrogen functional groups attached to an aromatic ring is 1. The molecule has 3 N–H and O–H groups in total. The first-order chi connectivity index (χ1) is 15.5. The van der Waals surface area contributed by atoms with Gasteiger partial charge in [-0.2, -0.15) is 0 Å². The Labute approximate surface area is 189 Å². The number of aromatic amines is 1. The fraction of sp³-hybridized carbons (Fsp3) is 0.348. The summed E-state index contributed by atoms with van der Waals surface area (Å²) in [5, 5.41) is 2.04. The van der Waals surface area contributed by atoms with Crippen molar-refractivity contribution in [3.8, 4) is 0 Å². The average Bonchev–Trinajstić information content (AvgIpc) is 3.46. The third-order valence-electron chi connectivity index (χ3n) is 5.86. The molecule has 9 heteroatoms. The number of benzene rings is 1. The molecule has 32 heavy (non-hydrogen) atoms. The van der Waals surface area contributed by atoms with Crippen LogP contribution in [0.15, 0.2) is 57.4 Å². The van der Waals surface area contributed by atoms with Gasteiger partial charge in [0.15, 0.2) is 5.69 Å². The van der Waals surface area contributed by atoms with E-state index in [2.05, 4.69) is 16.0 Å². The molecule has 1 aliphatic rings. The van der Waals surface area contributed by atoms with Crippen LogP contribution in [0.25, 0.3) is 0 Å². The average molecular weight is 454 g/mol. The Hall–Kier alpha value is -3.17. The molecule has 1 atom stereocenters. The number of carbonyl (C=O) groups is 1. The molecule has 3 heterocycles. The molecule has 1 saturated heterocycles. The van der Waals surface area contributed by atoms with Gasteiger partial charge in [0, 0.05) is 17.5 Å². The fourth-order valence-corrected chi connectivity index (χ4v) is 5.19. The molecule has 4 rings (SSSR count). The molecule has 1 amide bonds. The highest BCUT2D eigenvalue weighted by Crippen LogP contribution is 2.34. The topological polar surface area (TPSA) is 104 Å². The normalized spacial score (nSPS) is 16.3. The van der Waals surface area contributed by atoms with E-state index in [4.69, 9.17) is 5.73 Å². The third kappa shape index (κ3) is 4.39. The second-order valence-electron chi connectivity index (χ2n) is 7.85. The number of H-pyrrole nitrogens is 1. The van der Waals surface area contributed by atoms with Crippen molar-refractivity contribution in [2.75, 3.05) is 30.3 Å². The van der Waals surface area contributed by atoms with E-state index in [9.17, 15) is 14.4 Å². The zero-order valence-corrected chi connectivity index (χ0v) is 18.8. The summed E-state index contributed by atoms with van der Waals surface area (Å²) in [6, 6.07) is 13.7. The first-order valence-corrected chi connectivity index (χ1v) is 11.6. The number of thiophene rings is 1. The number of likely N-dealkylation sites (N-methyl/N-ethyl adjacent to an activating group) is 1. The minimum atomic E-state index is -0.650. The Morgan fingerprint density at radius 3 is 2.69 bits per heavy atom. The van der Waals surface area contributed by atoms with Crippen LogP contribution in [-0.4, -0.2) is 40.0 Å². The minimum absolute atomic E-state index is 0.00553. The lowest BCUT2D eigenvalue weighted by molar-refractivity contribution is -0.119. The lowest BCUT2D eigenvalue weighted by Crippen LogP contribution is -2.45. The Balaban J connectivity index is 1.62. The fourth-order valence-electron chi connectivity index (χ4n) is 4.30. The Morgan fingerprint density at radius 2 is 2.00 bits per heavy atom. The van der Waals surface area contributed by atoms with Crippen molar-refractivity contribution in [1.82, 2.24) is 14.5 Å². The highest BCUT2D eigenvalue weighted by Gasteiger charge is 2.31. The molecule has 1 aliphatic heterocycles. The monoisotopic (exact) mass is 453 g/mol. The van der Waals surface area contributed by atoms with E-state index in [0.717, 1.165) is 24.9 Å². The van der Waals surface area contributed by atoms with Crippen LogP contribution in [0.5, 0.6) is 0 Å². The number of nitrogens with two attached hydrogens (primary N) is 1. The smallest absolute Gasteiger partial charge is 0.330 e. The van der Waals surface area contributed by atoms with Crippen molar-refractivity contribution in [3.63, 3.8) is 0 Å². The first kappa shape index (κ1) is 22.0. The van der Waals surface area contributed by atoms with Gasteiger partial charge >= 0.3 is 5.69 Å². The van der Waals surface area contributed by atoms with Crippen LogP contribution < -0.4 is 21.9 Å². The molecule has 0 radical (unpaired) electrons. The first-order valence-electron chi connectivity index (χ1n) is 10.7. The van der Waals surface area contributed by atoms with Crippen molar-refractivity contribution >= 4 is 28.7 Å². The van der Waals surface area contributed by atoms with Gasteiger partial charge in [-0.3, -0.25) is 24.0 Å². The van der Waals surface area contributed by atoms with Gasteiger partial charge in [-0.1, -0.05) is 36.4 Å². The molecule has 0 saturated carbocycles. The SMILES string of the molecule is CCN(C(=O)CN1CCC[C@H]1c1cccs1)c1c(N)n(Cc2ccccc2)c(=O)[nH]c1=O. The van der Waals surface area contributed by atoms with Crippen LogP contribution >= 0.6 is 11.3 Å². The number of amides is 1. The van der Waals surface area contributed by atoms with Gasteiger partial charge in [-0.15, -0.1) is 11.3 Å². The van der Waals surface area contributed by atoms with Crippen molar-refractivity contribution in [2.24, 2.45) is 0 Å². The van der Waals surface area contributed by atoms with E-state index in [1.165, 1.54) is 14.3 Å². The van der Waals surface area contributed by atoms with E-state index in [0.29, 0.717) is 0 Å². The van der Waals surface area contributed by atoms with Gasteiger partial charge in [-0.05, 0) is 43.3 Å². The Bertz CT molecular complexity index is 1190. The summed E-state index contributed by atoms with van der Waals surface area (Å²) in [7, 11) is 0. The molecule has 0 spiro atoms. The zero-order chi connectivity index (χ0) is 22.7. The third-order valence-corrected chi connectivity index (χ3v) is 6.83. The van der Waals surface area contributed by atoms with Crippen molar-refractivity contribution in [2.45, 2.75) is 32.4 Å². The molecule has 1 aromatic carbocycles. The number of nitrogens with one attached hydrogen (secondary N) is 1. The molecular weight excluding hydrogens is 426 g/mol. The number of hydrogen-bond acceptors (Lipinski definition) is 6. The van der Waals surface area contributed by atoms with Crippen LogP contribution in [0.1, 0.15) is 36.2 Å². The maximum absolute atomic E-state index is 13.3. The number of aromatic nitrogens is 2. The van der Waals surface area contributed by atoms with Gasteiger partial charge in [0.1, 0.15) is 5.82 Å². The van der Waals surface area contributed by atoms with Crippen LogP contribution in [0, 0.1) is 0 Å². The number of nitrogens with zero attached hydrogens (tertiary/aromatic N) is 3. The summed E-state index contributed by atoms with van der Waals surface area (Å²) < 4.78 is 1.30. The summed E-state index contributed by atoms with van der Waals surface area (Å²) in [4.78, 5) is 45.6. The Kier molecular flexibility index (Phi) is 6.57. The van der Waals surface area contributed by atoms with Gasteiger partial charge in [0.05, 0.1) is 13.1 Å². The lowest BCUT2D eigenvalue weighted by Gasteiger charge is -2.28. The molecule has 2 aromatic heterocycles.